The van der Waals surface area contributed by atoms with Crippen LogP contribution in [0.4, 0.5) is 16.0 Å². The second-order valence-corrected chi connectivity index (χ2v) is 6.01. The zero-order chi connectivity index (χ0) is 17.9. The molecule has 0 aliphatic rings. The molecule has 0 fully saturated rings. The lowest BCUT2D eigenvalue weighted by Gasteiger charge is -2.21. The summed E-state index contributed by atoms with van der Waals surface area (Å²) in [4.78, 5) is 10.5. The quantitative estimate of drug-likeness (QED) is 0.843. The Kier molecular flexibility index (Phi) is 5.56. The smallest absolute Gasteiger partial charge is 0.165 e. The Morgan fingerprint density at radius 3 is 2.50 bits per heavy atom. The minimum absolute atomic E-state index is 0.0836. The summed E-state index contributed by atoms with van der Waals surface area (Å²) in [6.45, 7) is 3.72. The maximum atomic E-state index is 14.3. The molecule has 0 saturated heterocycles. The van der Waals surface area contributed by atoms with Gasteiger partial charge < -0.3 is 20.7 Å². The number of nitrogens with zero attached hydrogens (tertiary/aromatic N) is 3. The van der Waals surface area contributed by atoms with E-state index in [2.05, 4.69) is 21.0 Å². The lowest BCUT2D eigenvalue weighted by atomic mass is 9.99. The van der Waals surface area contributed by atoms with Crippen LogP contribution in [-0.4, -0.2) is 37.2 Å². The second-order valence-electron chi connectivity index (χ2n) is 6.01. The van der Waals surface area contributed by atoms with Crippen molar-refractivity contribution in [2.75, 3.05) is 31.4 Å². The van der Waals surface area contributed by atoms with Crippen molar-refractivity contribution >= 4 is 11.6 Å². The number of rotatable bonds is 6. The Hall–Kier alpha value is -2.41. The molecule has 2 rings (SSSR count). The summed E-state index contributed by atoms with van der Waals surface area (Å²) < 4.78 is 19.8. The lowest BCUT2D eigenvalue weighted by molar-refractivity contribution is -0.411. The van der Waals surface area contributed by atoms with Crippen molar-refractivity contribution in [3.05, 3.63) is 41.5 Å². The molecule has 0 aliphatic carbocycles. The predicted octanol–water partition coefficient (Wildman–Crippen LogP) is 1.84. The van der Waals surface area contributed by atoms with Crippen molar-refractivity contribution in [1.29, 1.82) is 0 Å². The number of hydrogen-bond acceptors (Lipinski definition) is 5. The molecule has 0 spiro atoms. The van der Waals surface area contributed by atoms with Crippen LogP contribution in [0.5, 0.6) is 5.75 Å². The summed E-state index contributed by atoms with van der Waals surface area (Å²) in [6, 6.07) is 4.60. The number of nitrogens with one attached hydrogen (secondary N) is 1. The number of benzene rings is 1. The molecular weight excluding hydrogens is 309 g/mol. The van der Waals surface area contributed by atoms with E-state index >= 15 is 0 Å². The average molecular weight is 334 g/mol. The van der Waals surface area contributed by atoms with Gasteiger partial charge in [0.2, 0.25) is 0 Å². The van der Waals surface area contributed by atoms with Crippen molar-refractivity contribution < 1.29 is 14.9 Å². The molecule has 24 heavy (non-hydrogen) atoms. The molecule has 4 N–H and O–H groups in total. The maximum Gasteiger partial charge on any atom is 0.165 e. The highest BCUT2D eigenvalue weighted by molar-refractivity contribution is 5.61. The second kappa shape index (κ2) is 7.44. The average Bonchev–Trinajstić information content (AvgIpc) is 2.54. The van der Waals surface area contributed by atoms with Gasteiger partial charge in [-0.3, -0.25) is 0 Å². The summed E-state index contributed by atoms with van der Waals surface area (Å²) in [5.41, 5.74) is 5.76. The number of hydrogen-bond donors (Lipinski definition) is 2. The van der Waals surface area contributed by atoms with Gasteiger partial charge in [-0.25, -0.2) is 14.4 Å². The predicted molar refractivity (Wildman–Crippen MR) is 92.8 cm³/mol. The summed E-state index contributed by atoms with van der Waals surface area (Å²) >= 11 is 0. The van der Waals surface area contributed by atoms with Crippen LogP contribution in [0.15, 0.2) is 24.5 Å². The van der Waals surface area contributed by atoms with Gasteiger partial charge in [0.05, 0.1) is 11.7 Å². The highest BCUT2D eigenvalue weighted by Gasteiger charge is 2.24. The van der Waals surface area contributed by atoms with Gasteiger partial charge in [-0.15, -0.1) is 0 Å². The number of quaternary nitrogens is 1. The Balaban J connectivity index is 2.45. The van der Waals surface area contributed by atoms with E-state index in [9.17, 15) is 4.39 Å². The molecular formula is C17H25FN5O+. The monoisotopic (exact) mass is 334 g/mol. The number of anilines is 2. The molecule has 7 heteroatoms. The third kappa shape index (κ3) is 3.73. The van der Waals surface area contributed by atoms with E-state index < -0.39 is 5.82 Å². The van der Waals surface area contributed by atoms with E-state index in [1.807, 2.05) is 38.9 Å². The van der Waals surface area contributed by atoms with Gasteiger partial charge >= 0.3 is 0 Å². The molecule has 130 valence electrons. The van der Waals surface area contributed by atoms with E-state index in [1.165, 1.54) is 12.4 Å². The van der Waals surface area contributed by atoms with Gasteiger partial charge in [0.15, 0.2) is 11.6 Å². The number of halogens is 1. The van der Waals surface area contributed by atoms with Crippen molar-refractivity contribution in [2.24, 2.45) is 0 Å². The molecule has 2 aromatic rings. The molecule has 0 bridgehead atoms. The summed E-state index contributed by atoms with van der Waals surface area (Å²) in [5, 5.41) is 3.06. The molecule has 1 heterocycles. The van der Waals surface area contributed by atoms with Crippen LogP contribution < -0.4 is 20.7 Å². The fourth-order valence-electron chi connectivity index (χ4n) is 2.51. The van der Waals surface area contributed by atoms with Gasteiger partial charge in [-0.2, -0.15) is 0 Å². The van der Waals surface area contributed by atoms with Crippen LogP contribution in [-0.2, 0) is 0 Å². The van der Waals surface area contributed by atoms with E-state index in [1.54, 1.807) is 13.1 Å². The molecule has 1 atom stereocenters. The topological polar surface area (TPSA) is 77.9 Å². The molecule has 0 aliphatic heterocycles. The van der Waals surface area contributed by atoms with Crippen molar-refractivity contribution in [3.63, 3.8) is 0 Å². The fourth-order valence-corrected chi connectivity index (χ4v) is 2.51. The highest BCUT2D eigenvalue weighted by Crippen LogP contribution is 2.32. The zero-order valence-corrected chi connectivity index (χ0v) is 14.8. The molecule has 1 unspecified atom stereocenters. The summed E-state index contributed by atoms with van der Waals surface area (Å²) in [7, 11) is 5.59. The Bertz CT molecular complexity index is 705. The normalized spacial score (nSPS) is 12.2. The molecule has 0 saturated carbocycles. The molecule has 6 nitrogen and oxygen atoms in total. The first kappa shape index (κ1) is 17.9. The van der Waals surface area contributed by atoms with Gasteiger partial charge in [0, 0.05) is 26.7 Å². The van der Waals surface area contributed by atoms with Crippen molar-refractivity contribution in [1.82, 2.24) is 9.97 Å². The minimum atomic E-state index is -0.399. The molecule has 1 aromatic carbocycles. The molecule has 0 amide bonds. The standard InChI is InChI=1S/C17H24FN5O/c1-10(2)24-13-7-6-11(8-12(13)18)15(19)14-16(20-3)21-9-22-17(14)23(4)5/h6-10,15H,19H2,1-5H3,(H,20,21,22)/p+1. The van der Waals surface area contributed by atoms with Crippen LogP contribution in [0.2, 0.25) is 0 Å². The number of ether oxygens (including phenoxy) is 1. The van der Waals surface area contributed by atoms with Crippen molar-refractivity contribution in [3.8, 4) is 5.75 Å². The first-order valence-electron chi connectivity index (χ1n) is 7.84. The van der Waals surface area contributed by atoms with E-state index in [-0.39, 0.29) is 17.9 Å². The van der Waals surface area contributed by atoms with Crippen LogP contribution in [0.25, 0.3) is 0 Å². The van der Waals surface area contributed by atoms with Crippen LogP contribution in [0.1, 0.15) is 31.0 Å². The summed E-state index contributed by atoms with van der Waals surface area (Å²) in [5.74, 6) is 1.27. The largest absolute Gasteiger partial charge is 0.488 e. The van der Waals surface area contributed by atoms with Crippen molar-refractivity contribution in [2.45, 2.75) is 26.0 Å². The van der Waals surface area contributed by atoms with E-state index in [0.717, 1.165) is 16.9 Å². The SMILES string of the molecule is CNc1ncnc(N(C)C)c1C([NH3+])c1ccc(OC(C)C)c(F)c1. The van der Waals surface area contributed by atoms with Gasteiger partial charge in [0.1, 0.15) is 24.0 Å². The van der Waals surface area contributed by atoms with E-state index in [0.29, 0.717) is 5.82 Å². The lowest BCUT2D eigenvalue weighted by Crippen LogP contribution is -2.54. The minimum Gasteiger partial charge on any atom is -0.488 e. The fraction of sp³-hybridized carbons (Fsp3) is 0.412. The molecule has 0 radical (unpaired) electrons. The third-order valence-corrected chi connectivity index (χ3v) is 3.59. The van der Waals surface area contributed by atoms with E-state index in [4.69, 9.17) is 4.74 Å². The van der Waals surface area contributed by atoms with Crippen LogP contribution >= 0.6 is 0 Å². The Morgan fingerprint density at radius 1 is 1.25 bits per heavy atom. The molecule has 1 aromatic heterocycles. The maximum absolute atomic E-state index is 14.3. The highest BCUT2D eigenvalue weighted by atomic mass is 19.1. The van der Waals surface area contributed by atoms with Gasteiger partial charge in [0.25, 0.3) is 0 Å². The number of aromatic nitrogens is 2. The first-order valence-corrected chi connectivity index (χ1v) is 7.84. The van der Waals surface area contributed by atoms with Crippen LogP contribution in [0, 0.1) is 5.82 Å². The van der Waals surface area contributed by atoms with Gasteiger partial charge in [-0.05, 0) is 32.0 Å². The third-order valence-electron chi connectivity index (χ3n) is 3.59. The van der Waals surface area contributed by atoms with Gasteiger partial charge in [-0.1, -0.05) is 0 Å². The first-order chi connectivity index (χ1) is 11.3. The zero-order valence-electron chi connectivity index (χ0n) is 14.8. The summed E-state index contributed by atoms with van der Waals surface area (Å²) in [6.07, 6.45) is 1.41. The van der Waals surface area contributed by atoms with Crippen LogP contribution in [0.3, 0.4) is 0 Å². The Labute approximate surface area is 141 Å². The Morgan fingerprint density at radius 2 is 1.96 bits per heavy atom.